The van der Waals surface area contributed by atoms with Gasteiger partial charge in [-0.25, -0.2) is 9.78 Å². The average molecular weight is 402 g/mol. The van der Waals surface area contributed by atoms with E-state index in [1.807, 2.05) is 18.2 Å². The lowest BCUT2D eigenvalue weighted by Crippen LogP contribution is -2.15. The molecule has 4 rings (SSSR count). The lowest BCUT2D eigenvalue weighted by Gasteiger charge is -2.12. The van der Waals surface area contributed by atoms with E-state index in [0.29, 0.717) is 16.2 Å². The van der Waals surface area contributed by atoms with Gasteiger partial charge in [0.2, 0.25) is 0 Å². The average Bonchev–Trinajstić information content (AvgIpc) is 3.36. The van der Waals surface area contributed by atoms with Crippen LogP contribution in [-0.2, 0) is 16.1 Å². The smallest absolute Gasteiger partial charge is 0.339 e. The Kier molecular flexibility index (Phi) is 5.56. The van der Waals surface area contributed by atoms with Gasteiger partial charge in [0.05, 0.1) is 17.4 Å². The van der Waals surface area contributed by atoms with Crippen LogP contribution in [0.25, 0.3) is 4.96 Å². The summed E-state index contributed by atoms with van der Waals surface area (Å²) in [5.74, 6) is 0.399. The Morgan fingerprint density at radius 2 is 2.30 bits per heavy atom. The zero-order valence-electron chi connectivity index (χ0n) is 14.5. The van der Waals surface area contributed by atoms with Crippen LogP contribution in [0.2, 0.25) is 0 Å². The summed E-state index contributed by atoms with van der Waals surface area (Å²) >= 11 is 2.97. The molecule has 1 aliphatic rings. The number of hydrogen-bond acceptors (Lipinski definition) is 7. The molecule has 3 heterocycles. The summed E-state index contributed by atoms with van der Waals surface area (Å²) in [6, 6.07) is 8.78. The second-order valence-electron chi connectivity index (χ2n) is 6.16. The molecule has 3 aromatic rings. The Morgan fingerprint density at radius 1 is 1.41 bits per heavy atom. The second kappa shape index (κ2) is 8.24. The van der Waals surface area contributed by atoms with Gasteiger partial charge < -0.3 is 9.47 Å². The molecule has 1 aromatic carbocycles. The summed E-state index contributed by atoms with van der Waals surface area (Å²) in [6.45, 7) is 0.781. The first-order chi connectivity index (χ1) is 13.2. The predicted octanol–water partition coefficient (Wildman–Crippen LogP) is 3.38. The number of carbonyl (C=O) groups excluding carboxylic acids is 1. The third-order valence-corrected chi connectivity index (χ3v) is 6.23. The quantitative estimate of drug-likeness (QED) is 0.465. The molecule has 0 bridgehead atoms. The molecule has 1 saturated heterocycles. The van der Waals surface area contributed by atoms with Gasteiger partial charge in [-0.3, -0.25) is 9.20 Å². The van der Waals surface area contributed by atoms with Crippen molar-refractivity contribution in [1.82, 2.24) is 9.38 Å². The topological polar surface area (TPSA) is 69.9 Å². The van der Waals surface area contributed by atoms with Crippen LogP contribution in [-0.4, -0.2) is 33.8 Å². The normalized spacial score (nSPS) is 16.7. The molecule has 6 nitrogen and oxygen atoms in total. The molecule has 1 atom stereocenters. The Balaban J connectivity index is 1.43. The first-order valence-corrected chi connectivity index (χ1v) is 10.5. The van der Waals surface area contributed by atoms with Crippen molar-refractivity contribution in [3.63, 3.8) is 0 Å². The largest absolute Gasteiger partial charge is 0.456 e. The number of carbonyl (C=O) groups is 1. The first-order valence-electron chi connectivity index (χ1n) is 8.67. The van der Waals surface area contributed by atoms with Crippen molar-refractivity contribution in [3.05, 3.63) is 63.5 Å². The highest BCUT2D eigenvalue weighted by molar-refractivity contribution is 7.99. The van der Waals surface area contributed by atoms with Crippen molar-refractivity contribution in [2.75, 3.05) is 12.4 Å². The van der Waals surface area contributed by atoms with Gasteiger partial charge in [0.25, 0.3) is 5.56 Å². The number of aromatic nitrogens is 2. The monoisotopic (exact) mass is 402 g/mol. The maximum Gasteiger partial charge on any atom is 0.339 e. The van der Waals surface area contributed by atoms with E-state index in [0.717, 1.165) is 30.1 Å². The number of hydrogen-bond donors (Lipinski definition) is 0. The van der Waals surface area contributed by atoms with Crippen molar-refractivity contribution in [2.24, 2.45) is 0 Å². The minimum Gasteiger partial charge on any atom is -0.456 e. The third kappa shape index (κ3) is 4.23. The maximum absolute atomic E-state index is 12.6. The van der Waals surface area contributed by atoms with Crippen LogP contribution in [0.4, 0.5) is 0 Å². The Labute approximate surface area is 164 Å². The van der Waals surface area contributed by atoms with Crippen molar-refractivity contribution >= 4 is 34.0 Å². The van der Waals surface area contributed by atoms with E-state index in [-0.39, 0.29) is 18.3 Å². The summed E-state index contributed by atoms with van der Waals surface area (Å²) < 4.78 is 12.5. The van der Waals surface area contributed by atoms with Gasteiger partial charge in [-0.05, 0) is 25.0 Å². The van der Waals surface area contributed by atoms with E-state index in [2.05, 4.69) is 4.98 Å². The second-order valence-corrected chi connectivity index (χ2v) is 8.09. The zero-order chi connectivity index (χ0) is 18.6. The van der Waals surface area contributed by atoms with Gasteiger partial charge in [0.15, 0.2) is 4.96 Å². The van der Waals surface area contributed by atoms with Crippen molar-refractivity contribution in [1.29, 1.82) is 0 Å². The SMILES string of the molecule is O=C(OCc1cc(=O)n2ccsc2n1)c1ccccc1SC[C@@H]1CCCO1. The van der Waals surface area contributed by atoms with Crippen molar-refractivity contribution in [2.45, 2.75) is 30.4 Å². The fourth-order valence-electron chi connectivity index (χ4n) is 2.90. The molecule has 27 heavy (non-hydrogen) atoms. The fraction of sp³-hybridized carbons (Fsp3) is 0.316. The highest BCUT2D eigenvalue weighted by Gasteiger charge is 2.18. The van der Waals surface area contributed by atoms with Crippen LogP contribution in [0.5, 0.6) is 0 Å². The standard InChI is InChI=1S/C19H18N2O4S2/c22-17-10-13(20-19-21(17)7-9-26-19)11-25-18(23)15-5-1-2-6-16(15)27-12-14-4-3-8-24-14/h1-2,5-7,9-10,14H,3-4,8,11-12H2/t14-/m0/s1. The van der Waals surface area contributed by atoms with Gasteiger partial charge in [-0.15, -0.1) is 23.1 Å². The molecule has 1 fully saturated rings. The lowest BCUT2D eigenvalue weighted by atomic mass is 10.2. The number of benzene rings is 1. The minimum absolute atomic E-state index is 0.0345. The molecule has 2 aromatic heterocycles. The van der Waals surface area contributed by atoms with E-state index in [9.17, 15) is 9.59 Å². The Hall–Kier alpha value is -2.16. The number of ether oxygens (including phenoxy) is 2. The summed E-state index contributed by atoms with van der Waals surface area (Å²) in [7, 11) is 0. The highest BCUT2D eigenvalue weighted by Crippen LogP contribution is 2.27. The van der Waals surface area contributed by atoms with Gasteiger partial charge in [0.1, 0.15) is 6.61 Å². The number of nitrogens with zero attached hydrogens (tertiary/aromatic N) is 2. The number of thioether (sulfide) groups is 1. The predicted molar refractivity (Wildman–Crippen MR) is 105 cm³/mol. The van der Waals surface area contributed by atoms with Crippen LogP contribution in [0.15, 0.2) is 51.6 Å². The molecule has 0 aliphatic carbocycles. The number of fused-ring (bicyclic) bond motifs is 1. The summed E-state index contributed by atoms with van der Waals surface area (Å²) in [6.07, 6.45) is 4.07. The van der Waals surface area contributed by atoms with Crippen molar-refractivity contribution in [3.8, 4) is 0 Å². The molecular formula is C19H18N2O4S2. The fourth-order valence-corrected chi connectivity index (χ4v) is 4.75. The van der Waals surface area contributed by atoms with Crippen molar-refractivity contribution < 1.29 is 14.3 Å². The zero-order valence-corrected chi connectivity index (χ0v) is 16.1. The summed E-state index contributed by atoms with van der Waals surface area (Å²) in [5, 5.41) is 1.79. The molecule has 0 N–H and O–H groups in total. The molecule has 0 amide bonds. The molecular weight excluding hydrogens is 384 g/mol. The summed E-state index contributed by atoms with van der Waals surface area (Å²) in [4.78, 5) is 30.4. The van der Waals surface area contributed by atoms with Gasteiger partial charge in [0, 0.05) is 34.9 Å². The van der Waals surface area contributed by atoms with Crippen LogP contribution in [0.1, 0.15) is 28.9 Å². The van der Waals surface area contributed by atoms with Crippen LogP contribution >= 0.6 is 23.1 Å². The van der Waals surface area contributed by atoms with Gasteiger partial charge in [-0.1, -0.05) is 12.1 Å². The molecule has 0 unspecified atom stereocenters. The van der Waals surface area contributed by atoms with E-state index in [4.69, 9.17) is 9.47 Å². The van der Waals surface area contributed by atoms with E-state index >= 15 is 0 Å². The van der Waals surface area contributed by atoms with Gasteiger partial charge >= 0.3 is 5.97 Å². The molecule has 0 radical (unpaired) electrons. The molecule has 8 heteroatoms. The van der Waals surface area contributed by atoms with Gasteiger partial charge in [-0.2, -0.15) is 0 Å². The molecule has 0 spiro atoms. The van der Waals surface area contributed by atoms with E-state index < -0.39 is 5.97 Å². The first kappa shape index (κ1) is 18.2. The lowest BCUT2D eigenvalue weighted by molar-refractivity contribution is 0.0463. The van der Waals surface area contributed by atoms with Crippen LogP contribution < -0.4 is 5.56 Å². The number of thiazole rings is 1. The number of rotatable bonds is 6. The van der Waals surface area contributed by atoms with E-state index in [1.54, 1.807) is 29.4 Å². The Bertz CT molecular complexity index is 1010. The molecule has 140 valence electrons. The van der Waals surface area contributed by atoms with E-state index in [1.165, 1.54) is 21.8 Å². The molecule has 1 aliphatic heterocycles. The maximum atomic E-state index is 12.6. The van der Waals surface area contributed by atoms with Crippen LogP contribution in [0.3, 0.4) is 0 Å². The number of esters is 1. The van der Waals surface area contributed by atoms with Crippen LogP contribution in [0, 0.1) is 0 Å². The Morgan fingerprint density at radius 3 is 3.15 bits per heavy atom. The summed E-state index contributed by atoms with van der Waals surface area (Å²) in [5.41, 5.74) is 0.787. The molecule has 0 saturated carbocycles. The third-order valence-electron chi connectivity index (χ3n) is 4.26. The minimum atomic E-state index is -0.418. The highest BCUT2D eigenvalue weighted by atomic mass is 32.2.